The number of rotatable bonds is 5. The van der Waals surface area contributed by atoms with E-state index in [-0.39, 0.29) is 17.0 Å². The summed E-state index contributed by atoms with van der Waals surface area (Å²) in [5, 5.41) is 27.8. The zero-order valence-corrected chi connectivity index (χ0v) is 21.2. The maximum Gasteiger partial charge on any atom is 0.226 e. The summed E-state index contributed by atoms with van der Waals surface area (Å²) < 4.78 is 3.45. The van der Waals surface area contributed by atoms with Crippen molar-refractivity contribution < 1.29 is 10.2 Å². The molecular weight excluding hydrogens is 501 g/mol. The van der Waals surface area contributed by atoms with Crippen LogP contribution >= 0.6 is 23.2 Å². The number of anilines is 1. The van der Waals surface area contributed by atoms with Crippen LogP contribution < -0.4 is 5.73 Å². The van der Waals surface area contributed by atoms with Crippen LogP contribution in [0.15, 0.2) is 36.7 Å². The summed E-state index contributed by atoms with van der Waals surface area (Å²) in [7, 11) is 1.78. The van der Waals surface area contributed by atoms with E-state index in [1.165, 1.54) is 12.0 Å². The summed E-state index contributed by atoms with van der Waals surface area (Å²) in [6.45, 7) is 3.13. The Morgan fingerprint density at radius 2 is 1.92 bits per heavy atom. The highest BCUT2D eigenvalue weighted by molar-refractivity contribution is 6.33. The molecule has 0 spiro atoms. The van der Waals surface area contributed by atoms with Crippen molar-refractivity contribution >= 4 is 40.1 Å². The van der Waals surface area contributed by atoms with Crippen LogP contribution in [-0.4, -0.2) is 64.7 Å². The molecule has 3 aromatic heterocycles. The summed E-state index contributed by atoms with van der Waals surface area (Å²) >= 11 is 12.6. The number of aromatic nitrogens is 5. The summed E-state index contributed by atoms with van der Waals surface area (Å²) in [4.78, 5) is 11.0. The number of halogens is 2. The smallest absolute Gasteiger partial charge is 0.226 e. The van der Waals surface area contributed by atoms with Gasteiger partial charge in [0.05, 0.1) is 22.6 Å². The predicted octanol–water partition coefficient (Wildman–Crippen LogP) is 3.38. The van der Waals surface area contributed by atoms with E-state index in [4.69, 9.17) is 28.9 Å². The first-order valence-corrected chi connectivity index (χ1v) is 12.8. The van der Waals surface area contributed by atoms with Crippen molar-refractivity contribution in [2.24, 2.45) is 7.05 Å². The molecule has 1 saturated heterocycles. The Morgan fingerprint density at radius 3 is 2.61 bits per heavy atom. The minimum atomic E-state index is -1.02. The van der Waals surface area contributed by atoms with Crippen molar-refractivity contribution in [1.29, 1.82) is 0 Å². The van der Waals surface area contributed by atoms with Crippen LogP contribution in [0.3, 0.4) is 0 Å². The predicted molar refractivity (Wildman–Crippen MR) is 139 cm³/mol. The average molecular weight is 528 g/mol. The molecule has 2 fully saturated rings. The van der Waals surface area contributed by atoms with Gasteiger partial charge in [-0.3, -0.25) is 9.58 Å². The maximum absolute atomic E-state index is 11.2. The topological polar surface area (TPSA) is 118 Å². The summed E-state index contributed by atoms with van der Waals surface area (Å²) in [5.41, 5.74) is 10.1. The zero-order chi connectivity index (χ0) is 25.1. The Balaban J connectivity index is 1.40. The number of hydrogen-bond donors (Lipinski definition) is 3. The molecule has 0 radical (unpaired) electrons. The van der Waals surface area contributed by atoms with Gasteiger partial charge < -0.3 is 20.5 Å². The fraction of sp³-hybridized carbons (Fsp3) is 0.400. The largest absolute Gasteiger partial charge is 0.390 e. The molecule has 4 aromatic rings. The third-order valence-electron chi connectivity index (χ3n) is 7.46. The van der Waals surface area contributed by atoms with Crippen LogP contribution in [-0.2, 0) is 13.6 Å². The second-order valence-corrected chi connectivity index (χ2v) is 10.5. The van der Waals surface area contributed by atoms with Gasteiger partial charge in [-0.05, 0) is 48.7 Å². The number of nitrogens with two attached hydrogens (primary N) is 1. The van der Waals surface area contributed by atoms with Crippen LogP contribution in [0.25, 0.3) is 22.3 Å². The first-order chi connectivity index (χ1) is 17.3. The monoisotopic (exact) mass is 527 g/mol. The van der Waals surface area contributed by atoms with Gasteiger partial charge in [0.2, 0.25) is 5.28 Å². The Morgan fingerprint density at radius 1 is 1.11 bits per heavy atom. The molecule has 1 aliphatic heterocycles. The van der Waals surface area contributed by atoms with E-state index in [0.29, 0.717) is 33.7 Å². The van der Waals surface area contributed by atoms with E-state index < -0.39 is 18.2 Å². The molecule has 188 valence electrons. The molecule has 2 aliphatic rings. The highest BCUT2D eigenvalue weighted by atomic mass is 35.5. The number of hydrogen-bond acceptors (Lipinski definition) is 7. The Hall–Kier alpha value is -2.69. The third-order valence-corrected chi connectivity index (χ3v) is 7.90. The molecular formula is C25H27Cl2N7O2. The lowest BCUT2D eigenvalue weighted by molar-refractivity contribution is 0.0179. The van der Waals surface area contributed by atoms with Gasteiger partial charge in [0.15, 0.2) is 0 Å². The number of nitrogen functional groups attached to an aromatic ring is 1. The Labute approximate surface area is 218 Å². The van der Waals surface area contributed by atoms with Crippen LogP contribution in [0.5, 0.6) is 0 Å². The molecule has 4 heterocycles. The number of likely N-dealkylation sites (tertiary alicyclic amines) is 1. The zero-order valence-electron chi connectivity index (χ0n) is 19.7. The van der Waals surface area contributed by atoms with Gasteiger partial charge >= 0.3 is 0 Å². The van der Waals surface area contributed by atoms with Crippen LogP contribution in [0, 0.1) is 0 Å². The second kappa shape index (κ2) is 9.00. The SMILES string of the molecule is Cn1cc(Cl)c(-c2cn([C@@H]3C[C@H](c4cccc(CN5CCC5)c4)[C@@H](O)[C@H]3O)c3nc(Cl)nc(N)c23)n1. The average Bonchev–Trinajstić information content (AvgIpc) is 3.44. The summed E-state index contributed by atoms with van der Waals surface area (Å²) in [6, 6.07) is 7.84. The van der Waals surface area contributed by atoms with Crippen molar-refractivity contribution in [3.63, 3.8) is 0 Å². The lowest BCUT2D eigenvalue weighted by Crippen LogP contribution is -2.36. The van der Waals surface area contributed by atoms with Gasteiger partial charge in [-0.2, -0.15) is 10.1 Å². The standard InChI is InChI=1S/C25H27Cl2N7O2/c1-32-12-17(26)20(31-32)16-11-34(24-19(16)23(28)29-25(27)30-24)18-9-15(21(35)22(18)36)14-5-2-4-13(8-14)10-33-6-3-7-33/h2,4-5,8,11-12,15,18,21-22,35-36H,3,6-7,9-10H2,1H3,(H2,28,29,30)/t15-,18-,21-,22+/m1/s1. The third kappa shape index (κ3) is 3.95. The van der Waals surface area contributed by atoms with E-state index in [1.807, 2.05) is 22.9 Å². The van der Waals surface area contributed by atoms with Crippen LogP contribution in [0.1, 0.15) is 35.9 Å². The first-order valence-electron chi connectivity index (χ1n) is 12.0. The second-order valence-electron chi connectivity index (χ2n) is 9.79. The molecule has 1 saturated carbocycles. The maximum atomic E-state index is 11.2. The van der Waals surface area contributed by atoms with Gasteiger partial charge in [0, 0.05) is 37.5 Å². The molecule has 9 nitrogen and oxygen atoms in total. The number of nitrogens with zero attached hydrogens (tertiary/aromatic N) is 6. The quantitative estimate of drug-likeness (QED) is 0.340. The number of aryl methyl sites for hydroxylation is 1. The van der Waals surface area contributed by atoms with Crippen molar-refractivity contribution in [2.45, 2.75) is 43.6 Å². The van der Waals surface area contributed by atoms with Crippen molar-refractivity contribution in [3.8, 4) is 11.3 Å². The fourth-order valence-electron chi connectivity index (χ4n) is 5.56. The summed E-state index contributed by atoms with van der Waals surface area (Å²) in [5.74, 6) is -0.0425. The molecule has 11 heteroatoms. The summed E-state index contributed by atoms with van der Waals surface area (Å²) in [6.07, 6.45) is 3.31. The van der Waals surface area contributed by atoms with Crippen molar-refractivity contribution in [3.05, 3.63) is 58.1 Å². The van der Waals surface area contributed by atoms with Gasteiger partial charge in [0.25, 0.3) is 0 Å². The van der Waals surface area contributed by atoms with Gasteiger partial charge in [-0.15, -0.1) is 0 Å². The number of aliphatic hydroxyl groups excluding tert-OH is 2. The molecule has 0 bridgehead atoms. The number of aliphatic hydroxyl groups is 2. The molecule has 36 heavy (non-hydrogen) atoms. The molecule has 0 unspecified atom stereocenters. The highest BCUT2D eigenvalue weighted by Crippen LogP contribution is 2.45. The molecule has 4 atom stereocenters. The minimum absolute atomic E-state index is 0.00120. The molecule has 1 aromatic carbocycles. The lowest BCUT2D eigenvalue weighted by atomic mass is 9.93. The van der Waals surface area contributed by atoms with Crippen LogP contribution in [0.4, 0.5) is 5.82 Å². The van der Waals surface area contributed by atoms with Gasteiger partial charge in [-0.1, -0.05) is 35.9 Å². The van der Waals surface area contributed by atoms with Crippen molar-refractivity contribution in [1.82, 2.24) is 29.2 Å². The highest BCUT2D eigenvalue weighted by Gasteiger charge is 2.44. The first kappa shape index (κ1) is 23.7. The molecule has 0 amide bonds. The lowest BCUT2D eigenvalue weighted by Gasteiger charge is -2.31. The van der Waals surface area contributed by atoms with Crippen molar-refractivity contribution in [2.75, 3.05) is 18.8 Å². The normalized spacial score (nSPS) is 24.5. The number of fused-ring (bicyclic) bond motifs is 1. The Kier molecular flexibility index (Phi) is 5.93. The molecule has 4 N–H and O–H groups in total. The minimum Gasteiger partial charge on any atom is -0.390 e. The van der Waals surface area contributed by atoms with E-state index in [1.54, 1.807) is 17.9 Å². The van der Waals surface area contributed by atoms with E-state index in [9.17, 15) is 10.2 Å². The van der Waals surface area contributed by atoms with E-state index in [2.05, 4.69) is 32.1 Å². The van der Waals surface area contributed by atoms with E-state index in [0.717, 1.165) is 25.2 Å². The van der Waals surface area contributed by atoms with Gasteiger partial charge in [-0.25, -0.2) is 4.98 Å². The Bertz CT molecular complexity index is 1450. The number of benzene rings is 1. The van der Waals surface area contributed by atoms with Crippen LogP contribution in [0.2, 0.25) is 10.3 Å². The van der Waals surface area contributed by atoms with Gasteiger partial charge in [0.1, 0.15) is 23.3 Å². The fourth-order valence-corrected chi connectivity index (χ4v) is 6.01. The molecule has 6 rings (SSSR count). The molecule has 1 aliphatic carbocycles. The van der Waals surface area contributed by atoms with E-state index >= 15 is 0 Å².